The van der Waals surface area contributed by atoms with Gasteiger partial charge in [-0.3, -0.25) is 19.0 Å². The number of para-hydroxylation sites is 1. The minimum Gasteiger partial charge on any atom is -0.326 e. The molecule has 138 valence electrons. The summed E-state index contributed by atoms with van der Waals surface area (Å²) in [5, 5.41) is 2.87. The number of anilines is 1. The van der Waals surface area contributed by atoms with Gasteiger partial charge in [-0.2, -0.15) is 0 Å². The quantitative estimate of drug-likeness (QED) is 0.629. The molecule has 0 spiro atoms. The maximum Gasteiger partial charge on any atom is 0.317 e. The Bertz CT molecular complexity index is 1170. The van der Waals surface area contributed by atoms with Crippen LogP contribution in [0, 0.1) is 0 Å². The number of hydrogen-bond acceptors (Lipinski definition) is 3. The van der Waals surface area contributed by atoms with Gasteiger partial charge in [-0.15, -0.1) is 0 Å². The van der Waals surface area contributed by atoms with Gasteiger partial charge >= 0.3 is 11.1 Å². The Labute approximate surface area is 163 Å². The molecule has 0 unspecified atom stereocenters. The predicted molar refractivity (Wildman–Crippen MR) is 108 cm³/mol. The zero-order valence-corrected chi connectivity index (χ0v) is 16.3. The van der Waals surface area contributed by atoms with E-state index in [9.17, 15) is 14.4 Å². The Morgan fingerprint density at radius 1 is 1.26 bits per heavy atom. The highest BCUT2D eigenvalue weighted by Crippen LogP contribution is 2.36. The molecule has 6 nitrogen and oxygen atoms in total. The van der Waals surface area contributed by atoms with E-state index in [1.54, 1.807) is 6.07 Å². The van der Waals surface area contributed by atoms with Gasteiger partial charge in [0.25, 0.3) is 0 Å². The van der Waals surface area contributed by atoms with Crippen molar-refractivity contribution in [2.24, 2.45) is 0 Å². The molecule has 4 rings (SSSR count). The Hall–Kier alpha value is -2.67. The molecule has 27 heavy (non-hydrogen) atoms. The number of aryl methyl sites for hydroxylation is 1. The summed E-state index contributed by atoms with van der Waals surface area (Å²) in [5.74, 6) is -0.190. The van der Waals surface area contributed by atoms with Gasteiger partial charge in [-0.1, -0.05) is 34.1 Å². The van der Waals surface area contributed by atoms with Crippen LogP contribution in [0.15, 0.2) is 56.5 Å². The molecule has 1 atom stereocenters. The van der Waals surface area contributed by atoms with Gasteiger partial charge in [0.15, 0.2) is 0 Å². The lowest BCUT2D eigenvalue weighted by molar-refractivity contribution is -0.118. The molecule has 0 radical (unpaired) electrons. The summed E-state index contributed by atoms with van der Waals surface area (Å²) in [7, 11) is 0. The van der Waals surface area contributed by atoms with E-state index in [0.29, 0.717) is 23.1 Å². The second-order valence-corrected chi connectivity index (χ2v) is 8.06. The summed E-state index contributed by atoms with van der Waals surface area (Å²) in [4.78, 5) is 40.2. The van der Waals surface area contributed by atoms with Crippen LogP contribution in [0.1, 0.15) is 25.3 Å². The van der Waals surface area contributed by atoms with Gasteiger partial charge in [-0.05, 0) is 49.6 Å². The van der Waals surface area contributed by atoms with Crippen LogP contribution in [-0.4, -0.2) is 15.5 Å². The number of nitrogens with one attached hydrogen (secondary N) is 2. The van der Waals surface area contributed by atoms with Crippen molar-refractivity contribution < 1.29 is 4.79 Å². The molecular weight excluding hydrogens is 410 g/mol. The zero-order valence-electron chi connectivity index (χ0n) is 14.7. The Balaban J connectivity index is 1.80. The first-order valence-corrected chi connectivity index (χ1v) is 9.49. The number of amides is 1. The topological polar surface area (TPSA) is 84.0 Å². The van der Waals surface area contributed by atoms with Gasteiger partial charge in [-0.25, -0.2) is 0 Å². The first-order valence-electron chi connectivity index (χ1n) is 8.70. The highest BCUT2D eigenvalue weighted by molar-refractivity contribution is 9.10. The molecule has 7 heteroatoms. The second kappa shape index (κ2) is 6.49. The minimum atomic E-state index is -0.775. The molecule has 0 fully saturated rings. The lowest BCUT2D eigenvalue weighted by atomic mass is 9.85. The van der Waals surface area contributed by atoms with Crippen molar-refractivity contribution in [2.75, 3.05) is 5.32 Å². The van der Waals surface area contributed by atoms with Crippen LogP contribution >= 0.6 is 15.9 Å². The van der Waals surface area contributed by atoms with E-state index in [-0.39, 0.29) is 12.3 Å². The second-order valence-electron chi connectivity index (χ2n) is 7.14. The van der Waals surface area contributed by atoms with Crippen LogP contribution in [0.5, 0.6) is 0 Å². The lowest BCUT2D eigenvalue weighted by Gasteiger charge is -2.37. The molecule has 0 bridgehead atoms. The monoisotopic (exact) mass is 427 g/mol. The van der Waals surface area contributed by atoms with Crippen molar-refractivity contribution >= 4 is 38.6 Å². The standard InChI is InChI=1S/C20H18BrN3O3/c1-20(11-16(25)22-14-5-3-2-4-6-14)8-7-12-9-13(21)10-15-17(12)24(20)19(27)18(26)23-15/h2-6,9-10H,7-8,11H2,1H3,(H,22,25)(H,23,26)/t20-/m0/s1. The lowest BCUT2D eigenvalue weighted by Crippen LogP contribution is -2.49. The number of carbonyl (C=O) groups excluding carboxylic acids is 1. The third kappa shape index (κ3) is 3.12. The summed E-state index contributed by atoms with van der Waals surface area (Å²) in [6, 6.07) is 12.9. The molecule has 1 aromatic heterocycles. The number of aromatic nitrogens is 2. The van der Waals surface area contributed by atoms with Crippen molar-refractivity contribution in [1.82, 2.24) is 9.55 Å². The van der Waals surface area contributed by atoms with Crippen molar-refractivity contribution in [2.45, 2.75) is 31.7 Å². The number of carbonyl (C=O) groups is 1. The van der Waals surface area contributed by atoms with E-state index in [1.165, 1.54) is 4.57 Å². The van der Waals surface area contributed by atoms with Crippen LogP contribution in [0.25, 0.3) is 11.0 Å². The highest BCUT2D eigenvalue weighted by atomic mass is 79.9. The number of H-pyrrole nitrogens is 1. The van der Waals surface area contributed by atoms with E-state index >= 15 is 0 Å². The number of hydrogen-bond donors (Lipinski definition) is 2. The number of halogens is 1. The molecule has 3 aromatic rings. The molecule has 0 saturated carbocycles. The fourth-order valence-corrected chi connectivity index (χ4v) is 4.36. The summed E-state index contributed by atoms with van der Waals surface area (Å²) in [6.07, 6.45) is 1.42. The molecule has 1 aliphatic rings. The van der Waals surface area contributed by atoms with E-state index in [0.717, 1.165) is 16.5 Å². The van der Waals surface area contributed by atoms with Gasteiger partial charge in [0.2, 0.25) is 5.91 Å². The average molecular weight is 428 g/mol. The van der Waals surface area contributed by atoms with Gasteiger partial charge in [0, 0.05) is 10.2 Å². The van der Waals surface area contributed by atoms with E-state index in [2.05, 4.69) is 26.2 Å². The molecule has 2 heterocycles. The predicted octanol–water partition coefficient (Wildman–Crippen LogP) is 3.14. The summed E-state index contributed by atoms with van der Waals surface area (Å²) >= 11 is 3.45. The normalized spacial score (nSPS) is 18.4. The van der Waals surface area contributed by atoms with Crippen molar-refractivity contribution in [1.29, 1.82) is 0 Å². The van der Waals surface area contributed by atoms with Crippen molar-refractivity contribution in [3.8, 4) is 0 Å². The Morgan fingerprint density at radius 2 is 2.00 bits per heavy atom. The van der Waals surface area contributed by atoms with Crippen molar-refractivity contribution in [3.63, 3.8) is 0 Å². The first-order chi connectivity index (χ1) is 12.9. The number of aromatic amines is 1. The zero-order chi connectivity index (χ0) is 19.2. The summed E-state index contributed by atoms with van der Waals surface area (Å²) in [5.41, 5.74) is 0.901. The van der Waals surface area contributed by atoms with E-state index in [4.69, 9.17) is 0 Å². The Morgan fingerprint density at radius 3 is 2.74 bits per heavy atom. The average Bonchev–Trinajstić information content (AvgIpc) is 2.61. The first kappa shape index (κ1) is 17.7. The number of benzene rings is 2. The molecule has 0 saturated heterocycles. The smallest absolute Gasteiger partial charge is 0.317 e. The maximum absolute atomic E-state index is 12.7. The summed E-state index contributed by atoms with van der Waals surface area (Å²) in [6.45, 7) is 1.86. The van der Waals surface area contributed by atoms with Crippen LogP contribution in [0.4, 0.5) is 5.69 Å². The van der Waals surface area contributed by atoms with Crippen LogP contribution in [0.3, 0.4) is 0 Å². The molecule has 1 amide bonds. The van der Waals surface area contributed by atoms with Crippen molar-refractivity contribution in [3.05, 3.63) is 73.2 Å². The third-order valence-corrected chi connectivity index (χ3v) is 5.55. The highest BCUT2D eigenvalue weighted by Gasteiger charge is 2.36. The van der Waals surface area contributed by atoms with Crippen LogP contribution < -0.4 is 16.4 Å². The summed E-state index contributed by atoms with van der Waals surface area (Å²) < 4.78 is 2.35. The van der Waals surface area contributed by atoms with Crippen LogP contribution in [-0.2, 0) is 16.8 Å². The molecule has 0 aliphatic carbocycles. The molecule has 2 aromatic carbocycles. The largest absolute Gasteiger partial charge is 0.326 e. The van der Waals surface area contributed by atoms with Gasteiger partial charge < -0.3 is 10.3 Å². The fourth-order valence-electron chi connectivity index (χ4n) is 3.86. The molecule has 1 aliphatic heterocycles. The minimum absolute atomic E-state index is 0.107. The van der Waals surface area contributed by atoms with Gasteiger partial charge in [0.1, 0.15) is 0 Å². The fraction of sp³-hybridized carbons (Fsp3) is 0.250. The Kier molecular flexibility index (Phi) is 4.26. The number of nitrogens with zero attached hydrogens (tertiary/aromatic N) is 1. The molecular formula is C20H18BrN3O3. The number of rotatable bonds is 3. The van der Waals surface area contributed by atoms with Gasteiger partial charge in [0.05, 0.1) is 23.0 Å². The van der Waals surface area contributed by atoms with Crippen LogP contribution in [0.2, 0.25) is 0 Å². The van der Waals surface area contributed by atoms with E-state index in [1.807, 2.05) is 43.3 Å². The molecule has 2 N–H and O–H groups in total. The van der Waals surface area contributed by atoms with E-state index < -0.39 is 16.7 Å². The SMILES string of the molecule is C[C@@]1(CC(=O)Nc2ccccc2)CCc2cc(Br)cc3[nH]c(=O)c(=O)n1c23. The third-order valence-electron chi connectivity index (χ3n) is 5.09. The maximum atomic E-state index is 12.7.